The van der Waals surface area contributed by atoms with Gasteiger partial charge in [0.15, 0.2) is 6.10 Å². The molecule has 2 rings (SSSR count). The molecule has 5 nitrogen and oxygen atoms in total. The Hall–Kier alpha value is -2.82. The number of para-hydroxylation sites is 1. The Morgan fingerprint density at radius 1 is 1.12 bits per heavy atom. The van der Waals surface area contributed by atoms with Crippen molar-refractivity contribution in [2.24, 2.45) is 0 Å². The predicted molar refractivity (Wildman–Crippen MR) is 96.8 cm³/mol. The summed E-state index contributed by atoms with van der Waals surface area (Å²) in [5.41, 5.74) is 1.96. The zero-order valence-corrected chi connectivity index (χ0v) is 14.7. The van der Waals surface area contributed by atoms with Gasteiger partial charge in [-0.1, -0.05) is 38.1 Å². The Morgan fingerprint density at radius 2 is 1.84 bits per heavy atom. The van der Waals surface area contributed by atoms with Gasteiger partial charge >= 0.3 is 5.97 Å². The molecule has 132 valence electrons. The van der Waals surface area contributed by atoms with E-state index in [4.69, 9.17) is 4.74 Å². The number of esters is 1. The second-order valence-electron chi connectivity index (χ2n) is 5.98. The van der Waals surface area contributed by atoms with Crippen molar-refractivity contribution in [3.8, 4) is 5.75 Å². The number of rotatable bonds is 6. The molecule has 0 aliphatic heterocycles. The lowest BCUT2D eigenvalue weighted by atomic mass is 9.97. The van der Waals surface area contributed by atoms with Crippen molar-refractivity contribution < 1.29 is 19.4 Å². The summed E-state index contributed by atoms with van der Waals surface area (Å²) in [6.07, 6.45) is -0.00519. The minimum absolute atomic E-state index is 0.0333. The van der Waals surface area contributed by atoms with Crippen LogP contribution >= 0.6 is 0 Å². The van der Waals surface area contributed by atoms with E-state index < -0.39 is 18.0 Å². The molecule has 2 aromatic carbocycles. The van der Waals surface area contributed by atoms with Crippen LogP contribution in [-0.2, 0) is 9.53 Å². The zero-order valence-electron chi connectivity index (χ0n) is 14.7. The van der Waals surface area contributed by atoms with Gasteiger partial charge in [0.05, 0.1) is 5.56 Å². The number of ether oxygens (including phenoxy) is 1. The lowest BCUT2D eigenvalue weighted by Crippen LogP contribution is -2.30. The van der Waals surface area contributed by atoms with Gasteiger partial charge in [-0.25, -0.2) is 4.79 Å². The molecule has 5 heteroatoms. The van der Waals surface area contributed by atoms with Crippen molar-refractivity contribution in [1.29, 1.82) is 0 Å². The van der Waals surface area contributed by atoms with Crippen LogP contribution in [0.3, 0.4) is 0 Å². The first-order valence-electron chi connectivity index (χ1n) is 8.32. The number of anilines is 1. The standard InChI is InChI=1S/C20H23NO4/c1-4-13(2)17-10-5-6-11-18(17)21-19(23)14(3)25-20(24)15-8-7-9-16(22)12-15/h5-14,22H,4H2,1-3H3,(H,21,23)/t13-,14+/m1/s1. The largest absolute Gasteiger partial charge is 0.508 e. The van der Waals surface area contributed by atoms with Gasteiger partial charge in [0, 0.05) is 5.69 Å². The van der Waals surface area contributed by atoms with Crippen LogP contribution in [0.25, 0.3) is 0 Å². The van der Waals surface area contributed by atoms with Crippen LogP contribution in [0, 0.1) is 0 Å². The number of amides is 1. The molecule has 0 spiro atoms. The number of phenolic OH excluding ortho intramolecular Hbond substituents is 1. The van der Waals surface area contributed by atoms with Gasteiger partial charge in [0.2, 0.25) is 0 Å². The van der Waals surface area contributed by atoms with E-state index in [1.807, 2.05) is 24.3 Å². The lowest BCUT2D eigenvalue weighted by Gasteiger charge is -2.18. The van der Waals surface area contributed by atoms with Crippen molar-refractivity contribution in [2.45, 2.75) is 39.2 Å². The molecule has 1 amide bonds. The summed E-state index contributed by atoms with van der Waals surface area (Å²) in [7, 11) is 0. The molecule has 0 aliphatic carbocycles. The Bertz CT molecular complexity index is 757. The average molecular weight is 341 g/mol. The van der Waals surface area contributed by atoms with E-state index in [9.17, 15) is 14.7 Å². The van der Waals surface area contributed by atoms with Crippen molar-refractivity contribution in [3.63, 3.8) is 0 Å². The van der Waals surface area contributed by atoms with E-state index in [0.717, 1.165) is 17.7 Å². The van der Waals surface area contributed by atoms with Crippen LogP contribution in [-0.4, -0.2) is 23.1 Å². The fourth-order valence-corrected chi connectivity index (χ4v) is 2.41. The minimum Gasteiger partial charge on any atom is -0.508 e. The predicted octanol–water partition coefficient (Wildman–Crippen LogP) is 4.09. The molecular formula is C20H23NO4. The normalized spacial score (nSPS) is 12.9. The smallest absolute Gasteiger partial charge is 0.339 e. The van der Waals surface area contributed by atoms with E-state index in [0.29, 0.717) is 5.92 Å². The molecule has 0 aromatic heterocycles. The maximum absolute atomic E-state index is 12.4. The lowest BCUT2D eigenvalue weighted by molar-refractivity contribution is -0.123. The number of nitrogens with one attached hydrogen (secondary N) is 1. The number of phenols is 1. The summed E-state index contributed by atoms with van der Waals surface area (Å²) in [6.45, 7) is 5.70. The maximum Gasteiger partial charge on any atom is 0.339 e. The van der Waals surface area contributed by atoms with Gasteiger partial charge in [0.25, 0.3) is 5.91 Å². The van der Waals surface area contributed by atoms with Crippen molar-refractivity contribution in [3.05, 3.63) is 59.7 Å². The third-order valence-electron chi connectivity index (χ3n) is 4.10. The summed E-state index contributed by atoms with van der Waals surface area (Å²) in [6, 6.07) is 13.4. The van der Waals surface area contributed by atoms with Gasteiger partial charge in [0.1, 0.15) is 5.75 Å². The zero-order chi connectivity index (χ0) is 18.4. The van der Waals surface area contributed by atoms with Crippen molar-refractivity contribution >= 4 is 17.6 Å². The van der Waals surface area contributed by atoms with Gasteiger partial charge < -0.3 is 15.2 Å². The Labute approximate surface area is 147 Å². The number of benzene rings is 2. The molecule has 0 saturated heterocycles. The second kappa shape index (κ2) is 8.33. The van der Waals surface area contributed by atoms with E-state index in [1.165, 1.54) is 25.1 Å². The second-order valence-corrected chi connectivity index (χ2v) is 5.98. The molecule has 0 unspecified atom stereocenters. The molecule has 0 fully saturated rings. The number of hydrogen-bond donors (Lipinski definition) is 2. The van der Waals surface area contributed by atoms with Gasteiger partial charge in [-0.3, -0.25) is 4.79 Å². The Kier molecular flexibility index (Phi) is 6.17. The van der Waals surface area contributed by atoms with Crippen LogP contribution in [0.4, 0.5) is 5.69 Å². The highest BCUT2D eigenvalue weighted by Gasteiger charge is 2.20. The summed E-state index contributed by atoms with van der Waals surface area (Å²) < 4.78 is 5.19. The summed E-state index contributed by atoms with van der Waals surface area (Å²) in [4.78, 5) is 24.4. The molecular weight excluding hydrogens is 318 g/mol. The van der Waals surface area contributed by atoms with Gasteiger partial charge in [-0.2, -0.15) is 0 Å². The molecule has 2 atom stereocenters. The molecule has 0 saturated carbocycles. The molecule has 25 heavy (non-hydrogen) atoms. The van der Waals surface area contributed by atoms with Crippen molar-refractivity contribution in [1.82, 2.24) is 0 Å². The van der Waals surface area contributed by atoms with Crippen LogP contribution in [0.15, 0.2) is 48.5 Å². The first-order chi connectivity index (χ1) is 11.9. The molecule has 0 bridgehead atoms. The monoisotopic (exact) mass is 341 g/mol. The Balaban J connectivity index is 2.05. The average Bonchev–Trinajstić information content (AvgIpc) is 2.61. The van der Waals surface area contributed by atoms with E-state index >= 15 is 0 Å². The van der Waals surface area contributed by atoms with Crippen LogP contribution in [0.1, 0.15) is 49.0 Å². The summed E-state index contributed by atoms with van der Waals surface area (Å²) in [5, 5.41) is 12.2. The number of carbonyl (C=O) groups excluding carboxylic acids is 2. The SMILES string of the molecule is CC[C@@H](C)c1ccccc1NC(=O)[C@H](C)OC(=O)c1cccc(O)c1. The fraction of sp³-hybridized carbons (Fsp3) is 0.300. The quantitative estimate of drug-likeness (QED) is 0.776. The molecule has 0 aliphatic rings. The maximum atomic E-state index is 12.4. The molecule has 0 radical (unpaired) electrons. The van der Waals surface area contributed by atoms with Gasteiger partial charge in [-0.05, 0) is 49.1 Å². The topological polar surface area (TPSA) is 75.6 Å². The highest BCUT2D eigenvalue weighted by molar-refractivity contribution is 5.97. The van der Waals surface area contributed by atoms with E-state index in [-0.39, 0.29) is 11.3 Å². The summed E-state index contributed by atoms with van der Waals surface area (Å²) >= 11 is 0. The minimum atomic E-state index is -0.958. The third-order valence-corrected chi connectivity index (χ3v) is 4.10. The highest BCUT2D eigenvalue weighted by atomic mass is 16.5. The van der Waals surface area contributed by atoms with Crippen LogP contribution < -0.4 is 5.32 Å². The molecule has 2 aromatic rings. The Morgan fingerprint density at radius 3 is 2.52 bits per heavy atom. The molecule has 2 N–H and O–H groups in total. The fourth-order valence-electron chi connectivity index (χ4n) is 2.41. The number of hydrogen-bond acceptors (Lipinski definition) is 4. The number of aromatic hydroxyl groups is 1. The number of carbonyl (C=O) groups is 2. The summed E-state index contributed by atoms with van der Waals surface area (Å²) in [5.74, 6) is -0.784. The van der Waals surface area contributed by atoms with Crippen LogP contribution in [0.5, 0.6) is 5.75 Å². The van der Waals surface area contributed by atoms with Gasteiger partial charge in [-0.15, -0.1) is 0 Å². The first-order valence-corrected chi connectivity index (χ1v) is 8.32. The van der Waals surface area contributed by atoms with Crippen molar-refractivity contribution in [2.75, 3.05) is 5.32 Å². The third kappa shape index (κ3) is 4.83. The first kappa shape index (κ1) is 18.5. The van der Waals surface area contributed by atoms with E-state index in [2.05, 4.69) is 19.2 Å². The molecule has 0 heterocycles. The van der Waals surface area contributed by atoms with Crippen LogP contribution in [0.2, 0.25) is 0 Å². The van der Waals surface area contributed by atoms with E-state index in [1.54, 1.807) is 6.07 Å². The highest BCUT2D eigenvalue weighted by Crippen LogP contribution is 2.26.